The third-order valence-corrected chi connectivity index (χ3v) is 4.40. The van der Waals surface area contributed by atoms with Gasteiger partial charge in [0.2, 0.25) is 10.0 Å². The summed E-state index contributed by atoms with van der Waals surface area (Å²) in [6, 6.07) is 6.62. The average Bonchev–Trinajstić information content (AvgIpc) is 2.26. The number of hydrogen-bond donors (Lipinski definition) is 2. The third kappa shape index (κ3) is 5.98. The lowest BCUT2D eigenvalue weighted by Crippen LogP contribution is -2.27. The molecule has 1 aromatic carbocycles. The zero-order valence-electron chi connectivity index (χ0n) is 12.1. The molecule has 0 fully saturated rings. The van der Waals surface area contributed by atoms with E-state index in [4.69, 9.17) is 18.0 Å². The Morgan fingerprint density at radius 2 is 1.80 bits per heavy atom. The van der Waals surface area contributed by atoms with Crippen molar-refractivity contribution in [3.8, 4) is 0 Å². The number of nitrogens with one attached hydrogen (secondary N) is 1. The summed E-state index contributed by atoms with van der Waals surface area (Å²) >= 11 is 4.82. The molecular weight excluding hydrogens is 292 g/mol. The number of sulfonamides is 1. The smallest absolute Gasteiger partial charge is 0.240 e. The quantitative estimate of drug-likeness (QED) is 0.790. The van der Waals surface area contributed by atoms with Crippen LogP contribution in [0.25, 0.3) is 0 Å². The predicted molar refractivity (Wildman–Crippen MR) is 86.2 cm³/mol. The van der Waals surface area contributed by atoms with Crippen LogP contribution in [0.3, 0.4) is 0 Å². The molecule has 1 aromatic rings. The second-order valence-electron chi connectivity index (χ2n) is 6.00. The monoisotopic (exact) mass is 314 g/mol. The summed E-state index contributed by atoms with van der Waals surface area (Å²) in [7, 11) is -3.44. The van der Waals surface area contributed by atoms with Gasteiger partial charge in [-0.1, -0.05) is 45.1 Å². The van der Waals surface area contributed by atoms with Crippen LogP contribution < -0.4 is 10.5 Å². The normalized spacial score (nSPS) is 12.3. The lowest BCUT2D eigenvalue weighted by atomic mass is 9.93. The highest BCUT2D eigenvalue weighted by molar-refractivity contribution is 7.89. The van der Waals surface area contributed by atoms with Crippen molar-refractivity contribution in [2.45, 2.75) is 38.5 Å². The van der Waals surface area contributed by atoms with Crippen LogP contribution >= 0.6 is 12.2 Å². The van der Waals surface area contributed by atoms with Gasteiger partial charge in [0.05, 0.1) is 9.88 Å². The van der Waals surface area contributed by atoms with Gasteiger partial charge in [0.25, 0.3) is 0 Å². The molecule has 0 spiro atoms. The maximum Gasteiger partial charge on any atom is 0.240 e. The van der Waals surface area contributed by atoms with Crippen LogP contribution in [-0.4, -0.2) is 20.0 Å². The maximum atomic E-state index is 12.1. The highest BCUT2D eigenvalue weighted by atomic mass is 32.2. The molecule has 0 radical (unpaired) electrons. The third-order valence-electron chi connectivity index (χ3n) is 2.78. The number of rotatable bonds is 6. The van der Waals surface area contributed by atoms with Crippen molar-refractivity contribution < 1.29 is 8.42 Å². The van der Waals surface area contributed by atoms with E-state index in [1.165, 1.54) is 0 Å². The summed E-state index contributed by atoms with van der Waals surface area (Å²) in [6.07, 6.45) is 1.26. The number of thiocarbonyl (C=S) groups is 1. The summed E-state index contributed by atoms with van der Waals surface area (Å²) in [5, 5.41) is 0. The number of nitrogens with two attached hydrogens (primary N) is 1. The minimum atomic E-state index is -3.44. The van der Waals surface area contributed by atoms with Crippen molar-refractivity contribution in [3.05, 3.63) is 29.8 Å². The Balaban J connectivity index is 2.70. The fourth-order valence-corrected chi connectivity index (χ4v) is 2.83. The average molecular weight is 314 g/mol. The van der Waals surface area contributed by atoms with Crippen LogP contribution in [0.15, 0.2) is 29.2 Å². The number of hydrogen-bond acceptors (Lipinski definition) is 3. The van der Waals surface area contributed by atoms with E-state index in [-0.39, 0.29) is 10.3 Å². The van der Waals surface area contributed by atoms with E-state index in [1.54, 1.807) is 24.3 Å². The Hall–Kier alpha value is -0.980. The van der Waals surface area contributed by atoms with Gasteiger partial charge in [-0.25, -0.2) is 13.1 Å². The molecule has 0 aliphatic heterocycles. The van der Waals surface area contributed by atoms with Gasteiger partial charge in [-0.05, 0) is 29.5 Å². The summed E-state index contributed by atoms with van der Waals surface area (Å²) in [4.78, 5) is 0.655. The molecule has 0 aliphatic carbocycles. The molecule has 0 aliphatic rings. The summed E-state index contributed by atoms with van der Waals surface area (Å²) < 4.78 is 26.8. The van der Waals surface area contributed by atoms with E-state index in [0.717, 1.165) is 12.0 Å². The molecule has 0 saturated heterocycles. The molecule has 6 heteroatoms. The van der Waals surface area contributed by atoms with E-state index >= 15 is 0 Å². The van der Waals surface area contributed by atoms with Gasteiger partial charge >= 0.3 is 0 Å². The van der Waals surface area contributed by atoms with Gasteiger partial charge in [0.15, 0.2) is 0 Å². The van der Waals surface area contributed by atoms with Crippen molar-refractivity contribution >= 4 is 27.2 Å². The van der Waals surface area contributed by atoms with E-state index in [1.807, 2.05) is 0 Å². The van der Waals surface area contributed by atoms with Gasteiger partial charge in [-0.2, -0.15) is 0 Å². The highest BCUT2D eigenvalue weighted by Gasteiger charge is 2.16. The fourth-order valence-electron chi connectivity index (χ4n) is 1.63. The first kappa shape index (κ1) is 17.1. The Morgan fingerprint density at radius 1 is 1.25 bits per heavy atom. The molecule has 0 amide bonds. The molecule has 0 saturated carbocycles. The first-order chi connectivity index (χ1) is 9.10. The van der Waals surface area contributed by atoms with Crippen molar-refractivity contribution in [2.24, 2.45) is 11.1 Å². The van der Waals surface area contributed by atoms with Crippen LogP contribution in [0.1, 0.15) is 32.8 Å². The molecule has 112 valence electrons. The standard InChI is InChI=1S/C14H22N2O2S2/c1-14(2,3)8-9-16-20(17,18)12-6-4-11(5-7-12)10-13(15)19/h4-7,16H,8-10H2,1-3H3,(H2,15,19). The van der Waals surface area contributed by atoms with E-state index in [9.17, 15) is 8.42 Å². The highest BCUT2D eigenvalue weighted by Crippen LogP contribution is 2.18. The second-order valence-corrected chi connectivity index (χ2v) is 8.29. The van der Waals surface area contributed by atoms with Gasteiger partial charge < -0.3 is 5.73 Å². The van der Waals surface area contributed by atoms with Gasteiger partial charge in [-0.15, -0.1) is 0 Å². The molecule has 0 heterocycles. The van der Waals surface area contributed by atoms with Gasteiger partial charge in [0.1, 0.15) is 0 Å². The van der Waals surface area contributed by atoms with Crippen molar-refractivity contribution in [2.75, 3.05) is 6.54 Å². The van der Waals surface area contributed by atoms with Gasteiger partial charge in [0, 0.05) is 13.0 Å². The summed E-state index contributed by atoms with van der Waals surface area (Å²) in [6.45, 7) is 6.66. The topological polar surface area (TPSA) is 72.2 Å². The molecule has 4 nitrogen and oxygen atoms in total. The van der Waals surface area contributed by atoms with E-state index < -0.39 is 10.0 Å². The zero-order valence-corrected chi connectivity index (χ0v) is 13.8. The largest absolute Gasteiger partial charge is 0.393 e. The predicted octanol–water partition coefficient (Wildman–Crippen LogP) is 2.23. The molecule has 0 bridgehead atoms. The molecule has 3 N–H and O–H groups in total. The van der Waals surface area contributed by atoms with Crippen LogP contribution in [0, 0.1) is 5.41 Å². The second kappa shape index (κ2) is 6.65. The number of benzene rings is 1. The van der Waals surface area contributed by atoms with Crippen molar-refractivity contribution in [3.63, 3.8) is 0 Å². The first-order valence-corrected chi connectivity index (χ1v) is 8.36. The van der Waals surface area contributed by atoms with E-state index in [0.29, 0.717) is 18.0 Å². The Labute approximate surface area is 126 Å². The first-order valence-electron chi connectivity index (χ1n) is 6.47. The molecule has 0 aromatic heterocycles. The lowest BCUT2D eigenvalue weighted by Gasteiger charge is -2.18. The Bertz CT molecular complexity index is 558. The Kier molecular flexibility index (Phi) is 5.68. The van der Waals surface area contributed by atoms with Crippen molar-refractivity contribution in [1.82, 2.24) is 4.72 Å². The summed E-state index contributed by atoms with van der Waals surface area (Å²) in [5.74, 6) is 0. The minimum absolute atomic E-state index is 0.100. The fraction of sp³-hybridized carbons (Fsp3) is 0.500. The molecule has 0 unspecified atom stereocenters. The van der Waals surface area contributed by atoms with Crippen molar-refractivity contribution in [1.29, 1.82) is 0 Å². The minimum Gasteiger partial charge on any atom is -0.393 e. The van der Waals surface area contributed by atoms with Crippen LogP contribution in [0.4, 0.5) is 0 Å². The molecule has 0 atom stereocenters. The lowest BCUT2D eigenvalue weighted by molar-refractivity contribution is 0.378. The maximum absolute atomic E-state index is 12.1. The SMILES string of the molecule is CC(C)(C)CCNS(=O)(=O)c1ccc(CC(N)=S)cc1. The summed E-state index contributed by atoms with van der Waals surface area (Å²) in [5.41, 5.74) is 6.46. The molecule has 20 heavy (non-hydrogen) atoms. The zero-order chi connectivity index (χ0) is 15.4. The van der Waals surface area contributed by atoms with E-state index in [2.05, 4.69) is 25.5 Å². The Morgan fingerprint density at radius 3 is 2.25 bits per heavy atom. The molecule has 1 rings (SSSR count). The molecular formula is C14H22N2O2S2. The van der Waals surface area contributed by atoms with Gasteiger partial charge in [-0.3, -0.25) is 0 Å². The van der Waals surface area contributed by atoms with Crippen LogP contribution in [0.2, 0.25) is 0 Å². The van der Waals surface area contributed by atoms with Crippen LogP contribution in [0.5, 0.6) is 0 Å². The van der Waals surface area contributed by atoms with Crippen LogP contribution in [-0.2, 0) is 16.4 Å².